The molecule has 0 saturated carbocycles. The molecular weight excluding hydrogens is 320 g/mol. The minimum Gasteiger partial charge on any atom is -0.325 e. The van der Waals surface area contributed by atoms with Crippen molar-refractivity contribution in [1.29, 1.82) is 0 Å². The van der Waals surface area contributed by atoms with E-state index in [2.05, 4.69) is 5.32 Å². The lowest BCUT2D eigenvalue weighted by atomic mass is 10.1. The van der Waals surface area contributed by atoms with Gasteiger partial charge in [0.25, 0.3) is 5.91 Å². The molecule has 0 radical (unpaired) electrons. The average molecular weight is 334 g/mol. The Morgan fingerprint density at radius 1 is 1.32 bits per heavy atom. The topological polar surface area (TPSA) is 66.5 Å². The molecule has 0 aliphatic carbocycles. The zero-order chi connectivity index (χ0) is 15.9. The van der Waals surface area contributed by atoms with Crippen LogP contribution in [0, 0.1) is 6.92 Å². The predicted molar refractivity (Wildman–Crippen MR) is 86.0 cm³/mol. The van der Waals surface area contributed by atoms with Crippen molar-refractivity contribution in [2.45, 2.75) is 17.7 Å². The van der Waals surface area contributed by atoms with Crippen molar-refractivity contribution in [3.8, 4) is 0 Å². The molecule has 0 bridgehead atoms. The summed E-state index contributed by atoms with van der Waals surface area (Å²) in [4.78, 5) is 27.0. The number of likely N-dealkylation sites (N-methyl/N-ethyl adjacent to an activating group) is 1. The number of para-hydroxylation sites is 1. The lowest BCUT2D eigenvalue weighted by molar-refractivity contribution is -0.132. The zero-order valence-electron chi connectivity index (χ0n) is 12.0. The molecule has 114 valence electrons. The number of benzene rings is 1. The number of fused-ring (bicyclic) bond motifs is 1. The number of carbonyl (C=O) groups excluding carboxylic acids is 2. The number of hydrogen-bond donors (Lipinski definition) is 1. The third-order valence-electron chi connectivity index (χ3n) is 3.41. The van der Waals surface area contributed by atoms with Crippen LogP contribution in [0.25, 0.3) is 0 Å². The molecule has 5 nitrogen and oxygen atoms in total. The summed E-state index contributed by atoms with van der Waals surface area (Å²) in [5, 5.41) is 2.75. The highest BCUT2D eigenvalue weighted by atomic mass is 32.2. The summed E-state index contributed by atoms with van der Waals surface area (Å²) in [7, 11) is -0.0831. The largest absolute Gasteiger partial charge is 0.325 e. The number of amides is 2. The highest BCUT2D eigenvalue weighted by molar-refractivity contribution is 7.83. The Bertz CT molecular complexity index is 770. The van der Waals surface area contributed by atoms with Crippen molar-refractivity contribution in [1.82, 2.24) is 4.31 Å². The van der Waals surface area contributed by atoms with Crippen LogP contribution in [0.15, 0.2) is 41.3 Å². The first-order valence-electron chi connectivity index (χ1n) is 6.64. The van der Waals surface area contributed by atoms with E-state index in [9.17, 15) is 13.8 Å². The van der Waals surface area contributed by atoms with Gasteiger partial charge in [-0.2, -0.15) is 0 Å². The minimum absolute atomic E-state index is 0.400. The van der Waals surface area contributed by atoms with Crippen LogP contribution < -0.4 is 5.32 Å². The van der Waals surface area contributed by atoms with E-state index in [4.69, 9.17) is 0 Å². The zero-order valence-corrected chi connectivity index (χ0v) is 13.7. The lowest BCUT2D eigenvalue weighted by Gasteiger charge is -2.27. The SMILES string of the molecule is Cc1cc2c(s1)C(C(=O)Nc1ccccc1)C(=O)N(C)S2=O. The fraction of sp³-hybridized carbons (Fsp3) is 0.200. The van der Waals surface area contributed by atoms with Crippen LogP contribution in [-0.2, 0) is 20.6 Å². The van der Waals surface area contributed by atoms with Gasteiger partial charge in [0.2, 0.25) is 5.91 Å². The number of anilines is 1. The Labute approximate surface area is 134 Å². The molecule has 2 amide bonds. The van der Waals surface area contributed by atoms with Gasteiger partial charge < -0.3 is 5.32 Å². The van der Waals surface area contributed by atoms with Crippen molar-refractivity contribution in [3.05, 3.63) is 46.2 Å². The first-order valence-corrected chi connectivity index (χ1v) is 8.57. The summed E-state index contributed by atoms with van der Waals surface area (Å²) >= 11 is 1.35. The first kappa shape index (κ1) is 14.9. The molecule has 2 atom stereocenters. The third-order valence-corrected chi connectivity index (χ3v) is 6.04. The first-order chi connectivity index (χ1) is 10.5. The minimum atomic E-state index is -1.54. The number of thiophene rings is 1. The van der Waals surface area contributed by atoms with Crippen LogP contribution in [0.3, 0.4) is 0 Å². The molecule has 2 aromatic rings. The number of hydrogen-bond acceptors (Lipinski definition) is 4. The normalized spacial score (nSPS) is 20.6. The second-order valence-electron chi connectivity index (χ2n) is 4.96. The number of rotatable bonds is 2. The molecule has 3 rings (SSSR count). The third kappa shape index (κ3) is 2.46. The Morgan fingerprint density at radius 2 is 2.00 bits per heavy atom. The summed E-state index contributed by atoms with van der Waals surface area (Å²) in [5.41, 5.74) is 0.629. The maximum atomic E-state index is 12.6. The maximum Gasteiger partial charge on any atom is 0.252 e. The van der Waals surface area contributed by atoms with Crippen LogP contribution in [0.1, 0.15) is 15.7 Å². The van der Waals surface area contributed by atoms with Gasteiger partial charge in [-0.1, -0.05) is 18.2 Å². The fourth-order valence-electron chi connectivity index (χ4n) is 2.34. The van der Waals surface area contributed by atoms with Crippen LogP contribution in [0.2, 0.25) is 0 Å². The summed E-state index contributed by atoms with van der Waals surface area (Å²) < 4.78 is 13.4. The average Bonchev–Trinajstić information content (AvgIpc) is 2.87. The molecular formula is C15H14N2O3S2. The molecule has 1 aromatic carbocycles. The quantitative estimate of drug-likeness (QED) is 0.857. The van der Waals surface area contributed by atoms with Crippen molar-refractivity contribution < 1.29 is 13.8 Å². The van der Waals surface area contributed by atoms with Crippen LogP contribution in [0.5, 0.6) is 0 Å². The highest BCUT2D eigenvalue weighted by Crippen LogP contribution is 2.38. The van der Waals surface area contributed by atoms with Gasteiger partial charge >= 0.3 is 0 Å². The summed E-state index contributed by atoms with van der Waals surface area (Å²) in [6.07, 6.45) is 0. The number of nitrogens with one attached hydrogen (secondary N) is 1. The molecule has 1 aromatic heterocycles. The number of nitrogens with zero attached hydrogens (tertiary/aromatic N) is 1. The molecule has 2 unspecified atom stereocenters. The van der Waals surface area contributed by atoms with Gasteiger partial charge in [0.1, 0.15) is 0 Å². The molecule has 0 spiro atoms. The van der Waals surface area contributed by atoms with Crippen molar-refractivity contribution in [3.63, 3.8) is 0 Å². The summed E-state index contributed by atoms with van der Waals surface area (Å²) in [5.74, 6) is -1.79. The van der Waals surface area contributed by atoms with E-state index < -0.39 is 28.7 Å². The van der Waals surface area contributed by atoms with Gasteiger partial charge in [0.15, 0.2) is 16.9 Å². The van der Waals surface area contributed by atoms with E-state index in [1.807, 2.05) is 13.0 Å². The second kappa shape index (κ2) is 5.66. The molecule has 1 aliphatic rings. The molecule has 7 heteroatoms. The van der Waals surface area contributed by atoms with Crippen LogP contribution in [0.4, 0.5) is 5.69 Å². The predicted octanol–water partition coefficient (Wildman–Crippen LogP) is 2.27. The van der Waals surface area contributed by atoms with E-state index in [0.717, 1.165) is 9.18 Å². The van der Waals surface area contributed by atoms with Crippen molar-refractivity contribution >= 4 is 39.8 Å². The van der Waals surface area contributed by atoms with E-state index in [1.54, 1.807) is 30.3 Å². The standard InChI is InChI=1S/C15H14N2O3S2/c1-9-8-11-13(21-9)12(15(19)17(2)22(11)20)14(18)16-10-6-4-3-5-7-10/h3-8,12H,1-2H3,(H,16,18). The Hall–Kier alpha value is -1.99. The number of carbonyl (C=O) groups is 2. The second-order valence-corrected chi connectivity index (χ2v) is 7.73. The molecule has 1 N–H and O–H groups in total. The maximum absolute atomic E-state index is 12.6. The van der Waals surface area contributed by atoms with Gasteiger partial charge in [0, 0.05) is 22.5 Å². The van der Waals surface area contributed by atoms with Gasteiger partial charge in [-0.25, -0.2) is 4.21 Å². The molecule has 0 fully saturated rings. The van der Waals surface area contributed by atoms with E-state index >= 15 is 0 Å². The van der Waals surface area contributed by atoms with Crippen molar-refractivity contribution in [2.24, 2.45) is 0 Å². The summed E-state index contributed by atoms with van der Waals surface area (Å²) in [6, 6.07) is 10.8. The Morgan fingerprint density at radius 3 is 2.68 bits per heavy atom. The van der Waals surface area contributed by atoms with Crippen LogP contribution in [-0.4, -0.2) is 27.4 Å². The lowest BCUT2D eigenvalue weighted by Crippen LogP contribution is -2.42. The van der Waals surface area contributed by atoms with Gasteiger partial charge in [-0.15, -0.1) is 11.3 Å². The Kier molecular flexibility index (Phi) is 3.84. The van der Waals surface area contributed by atoms with Crippen LogP contribution >= 0.6 is 11.3 Å². The molecule has 22 heavy (non-hydrogen) atoms. The van der Waals surface area contributed by atoms with Crippen molar-refractivity contribution in [2.75, 3.05) is 12.4 Å². The van der Waals surface area contributed by atoms with Gasteiger partial charge in [0.05, 0.1) is 4.90 Å². The fourth-order valence-corrected chi connectivity index (χ4v) is 4.89. The molecule has 1 aliphatic heterocycles. The van der Waals surface area contributed by atoms with Gasteiger partial charge in [-0.05, 0) is 25.1 Å². The number of aryl methyl sites for hydroxylation is 1. The highest BCUT2D eigenvalue weighted by Gasteiger charge is 2.42. The van der Waals surface area contributed by atoms with E-state index in [0.29, 0.717) is 15.5 Å². The molecule has 0 saturated heterocycles. The Balaban J connectivity index is 1.98. The van der Waals surface area contributed by atoms with E-state index in [1.165, 1.54) is 18.4 Å². The summed E-state index contributed by atoms with van der Waals surface area (Å²) in [6.45, 7) is 1.87. The monoisotopic (exact) mass is 334 g/mol. The molecule has 2 heterocycles. The smallest absolute Gasteiger partial charge is 0.252 e. The van der Waals surface area contributed by atoms with Gasteiger partial charge in [-0.3, -0.25) is 13.9 Å². The van der Waals surface area contributed by atoms with E-state index in [-0.39, 0.29) is 0 Å².